The first-order valence-corrected chi connectivity index (χ1v) is 10.2. The van der Waals surface area contributed by atoms with Gasteiger partial charge < -0.3 is 20.1 Å². The van der Waals surface area contributed by atoms with Crippen LogP contribution in [0.25, 0.3) is 0 Å². The molecular weight excluding hydrogens is 324 g/mol. The molecular formula is C14H24N2O4S2. The van der Waals surface area contributed by atoms with Gasteiger partial charge in [-0.3, -0.25) is 0 Å². The summed E-state index contributed by atoms with van der Waals surface area (Å²) in [5.74, 6) is 0.586. The summed E-state index contributed by atoms with van der Waals surface area (Å²) < 4.78 is 10.7. The van der Waals surface area contributed by atoms with Gasteiger partial charge in [-0.05, 0) is 12.5 Å². The first kappa shape index (κ1) is 17.9. The Bertz CT molecular complexity index is 361. The number of hydrogen-bond donors (Lipinski definition) is 2. The molecule has 2 rings (SSSR count). The predicted molar refractivity (Wildman–Crippen MR) is 89.2 cm³/mol. The van der Waals surface area contributed by atoms with Gasteiger partial charge in [-0.15, -0.1) is 0 Å². The molecule has 2 saturated heterocycles. The Morgan fingerprint density at radius 3 is 1.64 bits per heavy atom. The molecule has 2 heterocycles. The molecule has 126 valence electrons. The molecule has 0 saturated carbocycles. The van der Waals surface area contributed by atoms with Crippen molar-refractivity contribution in [3.63, 3.8) is 0 Å². The van der Waals surface area contributed by atoms with Crippen molar-refractivity contribution in [2.24, 2.45) is 11.8 Å². The van der Waals surface area contributed by atoms with Gasteiger partial charge in [0.1, 0.15) is 12.2 Å². The lowest BCUT2D eigenvalue weighted by molar-refractivity contribution is -0.174. The third-order valence-corrected chi connectivity index (χ3v) is 5.52. The van der Waals surface area contributed by atoms with Crippen LogP contribution in [0.4, 0.5) is 0 Å². The van der Waals surface area contributed by atoms with Crippen LogP contribution in [0.2, 0.25) is 0 Å². The van der Waals surface area contributed by atoms with E-state index < -0.39 is 11.9 Å². The van der Waals surface area contributed by atoms with E-state index in [9.17, 15) is 9.59 Å². The van der Waals surface area contributed by atoms with Crippen molar-refractivity contribution in [1.29, 1.82) is 0 Å². The maximum Gasteiger partial charge on any atom is 0.417 e. The Hall–Kier alpha value is -0.440. The summed E-state index contributed by atoms with van der Waals surface area (Å²) in [6.07, 6.45) is 3.56. The standard InChI is InChI=1S/C14H24N2O4S2/c1-21-7-9-3-15-5-11(9)19-13(17)14(18)20-12-6-16-4-10(12)8-22-2/h9-12,15-16H,3-8H2,1-2H3/t9-,10-,11+,12+/m1/s1. The van der Waals surface area contributed by atoms with Gasteiger partial charge >= 0.3 is 11.9 Å². The molecule has 0 bridgehead atoms. The number of nitrogens with one attached hydrogen (secondary N) is 2. The van der Waals surface area contributed by atoms with E-state index in [0.717, 1.165) is 24.6 Å². The van der Waals surface area contributed by atoms with E-state index in [2.05, 4.69) is 10.6 Å². The number of ether oxygens (including phenoxy) is 2. The van der Waals surface area contributed by atoms with Crippen LogP contribution in [0.15, 0.2) is 0 Å². The van der Waals surface area contributed by atoms with Crippen molar-refractivity contribution < 1.29 is 19.1 Å². The van der Waals surface area contributed by atoms with Crippen LogP contribution in [0.1, 0.15) is 0 Å². The van der Waals surface area contributed by atoms with Gasteiger partial charge in [-0.2, -0.15) is 23.5 Å². The number of carbonyl (C=O) groups is 2. The normalized spacial score (nSPS) is 31.2. The minimum absolute atomic E-state index is 0.240. The lowest BCUT2D eigenvalue weighted by Crippen LogP contribution is -2.35. The highest BCUT2D eigenvalue weighted by Crippen LogP contribution is 2.19. The van der Waals surface area contributed by atoms with Crippen molar-refractivity contribution in [3.05, 3.63) is 0 Å². The zero-order chi connectivity index (χ0) is 15.9. The van der Waals surface area contributed by atoms with E-state index >= 15 is 0 Å². The molecule has 0 aromatic carbocycles. The molecule has 0 spiro atoms. The topological polar surface area (TPSA) is 76.7 Å². The smallest absolute Gasteiger partial charge is 0.417 e. The molecule has 2 fully saturated rings. The summed E-state index contributed by atoms with van der Waals surface area (Å²) in [6.45, 7) is 2.83. The zero-order valence-electron chi connectivity index (χ0n) is 13.0. The lowest BCUT2D eigenvalue weighted by Gasteiger charge is -2.20. The van der Waals surface area contributed by atoms with Crippen LogP contribution in [0.5, 0.6) is 0 Å². The second-order valence-corrected chi connectivity index (χ2v) is 7.46. The van der Waals surface area contributed by atoms with Gasteiger partial charge in [-0.1, -0.05) is 0 Å². The lowest BCUT2D eigenvalue weighted by atomic mass is 10.1. The van der Waals surface area contributed by atoms with Crippen LogP contribution in [-0.2, 0) is 19.1 Å². The summed E-state index contributed by atoms with van der Waals surface area (Å²) in [4.78, 5) is 23.9. The van der Waals surface area contributed by atoms with Crippen LogP contribution < -0.4 is 10.6 Å². The van der Waals surface area contributed by atoms with E-state index in [-0.39, 0.29) is 24.0 Å². The third-order valence-electron chi connectivity index (χ3n) is 4.00. The quantitative estimate of drug-likeness (QED) is 0.512. The fourth-order valence-electron chi connectivity index (χ4n) is 2.83. The highest BCUT2D eigenvalue weighted by atomic mass is 32.2. The second-order valence-electron chi connectivity index (χ2n) is 5.63. The maximum absolute atomic E-state index is 11.9. The molecule has 0 aromatic rings. The molecule has 6 nitrogen and oxygen atoms in total. The molecule has 22 heavy (non-hydrogen) atoms. The Morgan fingerprint density at radius 2 is 1.27 bits per heavy atom. The molecule has 0 radical (unpaired) electrons. The highest BCUT2D eigenvalue weighted by molar-refractivity contribution is 7.98. The summed E-state index contributed by atoms with van der Waals surface area (Å²) in [7, 11) is 0. The van der Waals surface area contributed by atoms with Gasteiger partial charge in [0.15, 0.2) is 0 Å². The van der Waals surface area contributed by atoms with Crippen LogP contribution in [0, 0.1) is 11.8 Å². The van der Waals surface area contributed by atoms with Gasteiger partial charge in [0, 0.05) is 49.5 Å². The summed E-state index contributed by atoms with van der Waals surface area (Å²) in [5.41, 5.74) is 0. The number of hydrogen-bond acceptors (Lipinski definition) is 8. The summed E-state index contributed by atoms with van der Waals surface area (Å²) in [5, 5.41) is 6.39. The summed E-state index contributed by atoms with van der Waals surface area (Å²) >= 11 is 3.42. The third kappa shape index (κ3) is 4.78. The van der Waals surface area contributed by atoms with E-state index in [4.69, 9.17) is 9.47 Å². The molecule has 0 amide bonds. The summed E-state index contributed by atoms with van der Waals surface area (Å²) in [6, 6.07) is 0. The molecule has 2 aliphatic heterocycles. The maximum atomic E-state index is 11.9. The monoisotopic (exact) mass is 348 g/mol. The Balaban J connectivity index is 1.80. The van der Waals surface area contributed by atoms with Gasteiger partial charge in [0.2, 0.25) is 0 Å². The van der Waals surface area contributed by atoms with Crippen molar-refractivity contribution in [1.82, 2.24) is 10.6 Å². The molecule has 4 atom stereocenters. The van der Waals surface area contributed by atoms with E-state index in [1.165, 1.54) is 0 Å². The first-order valence-electron chi connectivity index (χ1n) is 7.46. The minimum atomic E-state index is -0.866. The largest absolute Gasteiger partial charge is 0.452 e. The molecule has 8 heteroatoms. The molecule has 0 aliphatic carbocycles. The number of rotatable bonds is 6. The van der Waals surface area contributed by atoms with Gasteiger partial charge in [-0.25, -0.2) is 9.59 Å². The number of carbonyl (C=O) groups excluding carboxylic acids is 2. The molecule has 2 N–H and O–H groups in total. The number of esters is 2. The molecule has 2 aliphatic rings. The van der Waals surface area contributed by atoms with Crippen LogP contribution in [-0.4, -0.2) is 74.3 Å². The second kappa shape index (κ2) is 9.00. The average Bonchev–Trinajstić information content (AvgIpc) is 3.10. The highest BCUT2D eigenvalue weighted by Gasteiger charge is 2.35. The Kier molecular flexibility index (Phi) is 7.33. The van der Waals surface area contributed by atoms with Gasteiger partial charge in [0.05, 0.1) is 0 Å². The fraction of sp³-hybridized carbons (Fsp3) is 0.857. The van der Waals surface area contributed by atoms with Crippen LogP contribution in [0.3, 0.4) is 0 Å². The minimum Gasteiger partial charge on any atom is -0.452 e. The molecule has 0 unspecified atom stereocenters. The Labute approximate surface area is 139 Å². The predicted octanol–water partition coefficient (Wildman–Crippen LogP) is -0.0252. The first-order chi connectivity index (χ1) is 10.7. The van der Waals surface area contributed by atoms with Crippen molar-refractivity contribution >= 4 is 35.5 Å². The van der Waals surface area contributed by atoms with Crippen molar-refractivity contribution in [3.8, 4) is 0 Å². The zero-order valence-corrected chi connectivity index (χ0v) is 14.6. The Morgan fingerprint density at radius 1 is 0.864 bits per heavy atom. The SMILES string of the molecule is CSC[C@H]1CNC[C@@H]1OC(=O)C(=O)O[C@H]1CNC[C@@H]1CSC. The number of thioether (sulfide) groups is 2. The van der Waals surface area contributed by atoms with Crippen molar-refractivity contribution in [2.75, 3.05) is 50.2 Å². The van der Waals surface area contributed by atoms with Crippen LogP contribution >= 0.6 is 23.5 Å². The fourth-order valence-corrected chi connectivity index (χ4v) is 4.35. The van der Waals surface area contributed by atoms with Crippen molar-refractivity contribution in [2.45, 2.75) is 12.2 Å². The van der Waals surface area contributed by atoms with Gasteiger partial charge in [0.25, 0.3) is 0 Å². The average molecular weight is 348 g/mol. The van der Waals surface area contributed by atoms with E-state index in [0.29, 0.717) is 13.1 Å². The molecule has 0 aromatic heterocycles. The van der Waals surface area contributed by atoms with E-state index in [1.54, 1.807) is 23.5 Å². The van der Waals surface area contributed by atoms with E-state index in [1.807, 2.05) is 12.5 Å².